The fourth-order valence-electron chi connectivity index (χ4n) is 5.34. The molecule has 2 unspecified atom stereocenters. The van der Waals surface area contributed by atoms with E-state index in [1.807, 2.05) is 0 Å². The number of anilines is 1. The molecule has 1 aromatic heterocycles. The monoisotopic (exact) mass is 477 g/mol. The highest BCUT2D eigenvalue weighted by atomic mass is 32.2. The van der Waals surface area contributed by atoms with E-state index in [0.29, 0.717) is 22.9 Å². The number of carbonyl (C=O) groups is 2. The van der Waals surface area contributed by atoms with Gasteiger partial charge in [0.05, 0.1) is 22.8 Å². The van der Waals surface area contributed by atoms with E-state index in [4.69, 9.17) is 0 Å². The molecule has 2 bridgehead atoms. The minimum Gasteiger partial charge on any atom is -0.306 e. The molecule has 34 heavy (non-hydrogen) atoms. The number of nitrogens with zero attached hydrogens (tertiary/aromatic N) is 5. The lowest BCUT2D eigenvalue weighted by atomic mass is 10.1. The van der Waals surface area contributed by atoms with Crippen molar-refractivity contribution in [3.63, 3.8) is 0 Å². The maximum Gasteiger partial charge on any atom is 0.332 e. The Bertz CT molecular complexity index is 1550. The lowest BCUT2D eigenvalue weighted by Crippen LogP contribution is -2.54. The summed E-state index contributed by atoms with van der Waals surface area (Å²) in [6, 6.07) is 10.7. The Morgan fingerprint density at radius 2 is 1.88 bits per heavy atom. The second kappa shape index (κ2) is 7.06. The Balaban J connectivity index is 1.41. The van der Waals surface area contributed by atoms with Crippen LogP contribution in [-0.2, 0) is 14.8 Å². The van der Waals surface area contributed by atoms with Gasteiger partial charge in [0.1, 0.15) is 22.8 Å². The Hall–Kier alpha value is -3.88. The van der Waals surface area contributed by atoms with E-state index in [1.165, 1.54) is 41.4 Å². The largest absolute Gasteiger partial charge is 0.332 e. The molecule has 3 aliphatic heterocycles. The van der Waals surface area contributed by atoms with Crippen molar-refractivity contribution >= 4 is 38.6 Å². The second-order valence-corrected chi connectivity index (χ2v) is 10.3. The average molecular weight is 477 g/mol. The average Bonchev–Trinajstić information content (AvgIpc) is 3.50. The van der Waals surface area contributed by atoms with Gasteiger partial charge in [0.25, 0.3) is 5.91 Å². The van der Waals surface area contributed by atoms with Gasteiger partial charge in [-0.3, -0.25) is 9.78 Å². The van der Waals surface area contributed by atoms with Crippen molar-refractivity contribution < 1.29 is 22.4 Å². The zero-order valence-electron chi connectivity index (χ0n) is 17.5. The third-order valence-electron chi connectivity index (χ3n) is 6.75. The van der Waals surface area contributed by atoms with E-state index >= 15 is 0 Å². The number of piperazine rings is 1. The molecule has 3 aliphatic rings. The highest BCUT2D eigenvalue weighted by molar-refractivity contribution is 7.89. The number of fused-ring (bicyclic) bond motifs is 6. The minimum atomic E-state index is -4.20. The SMILES string of the molecule is N#Cc1ccc(N2C(=O)C3C4C[C@H](CN4S(=O)(=O)c4ccccc4F)N3C2=O)c2cccnc12. The van der Waals surface area contributed by atoms with Crippen LogP contribution < -0.4 is 4.90 Å². The predicted octanol–water partition coefficient (Wildman–Crippen LogP) is 2.23. The highest BCUT2D eigenvalue weighted by Gasteiger charge is 2.64. The molecule has 2 aromatic carbocycles. The van der Waals surface area contributed by atoms with Crippen molar-refractivity contribution in [1.29, 1.82) is 5.26 Å². The summed E-state index contributed by atoms with van der Waals surface area (Å²) < 4.78 is 41.9. The summed E-state index contributed by atoms with van der Waals surface area (Å²) in [5, 5.41) is 9.85. The van der Waals surface area contributed by atoms with Crippen molar-refractivity contribution in [1.82, 2.24) is 14.2 Å². The first-order valence-electron chi connectivity index (χ1n) is 10.5. The third-order valence-corrected chi connectivity index (χ3v) is 8.67. The molecular weight excluding hydrogens is 461 g/mol. The fraction of sp³-hybridized carbons (Fsp3) is 0.217. The number of pyridine rings is 1. The van der Waals surface area contributed by atoms with Gasteiger partial charge in [-0.1, -0.05) is 12.1 Å². The van der Waals surface area contributed by atoms with E-state index in [9.17, 15) is 27.7 Å². The van der Waals surface area contributed by atoms with Gasteiger partial charge in [-0.25, -0.2) is 22.5 Å². The van der Waals surface area contributed by atoms with E-state index in [2.05, 4.69) is 11.1 Å². The lowest BCUT2D eigenvalue weighted by molar-refractivity contribution is -0.120. The van der Waals surface area contributed by atoms with Crippen LogP contribution in [0.4, 0.5) is 14.9 Å². The molecule has 170 valence electrons. The quantitative estimate of drug-likeness (QED) is 0.535. The van der Waals surface area contributed by atoms with Gasteiger partial charge in [0, 0.05) is 24.2 Å². The molecular formula is C23H16FN5O4S. The predicted molar refractivity (Wildman–Crippen MR) is 117 cm³/mol. The summed E-state index contributed by atoms with van der Waals surface area (Å²) in [4.78, 5) is 33.2. The first-order chi connectivity index (χ1) is 16.3. The van der Waals surface area contributed by atoms with Crippen molar-refractivity contribution in [2.24, 2.45) is 0 Å². The number of carbonyl (C=O) groups excluding carboxylic acids is 2. The van der Waals surface area contributed by atoms with Gasteiger partial charge in [-0.15, -0.1) is 0 Å². The van der Waals surface area contributed by atoms with Crippen molar-refractivity contribution in [2.75, 3.05) is 11.4 Å². The normalized spacial score (nSPS) is 24.2. The summed E-state index contributed by atoms with van der Waals surface area (Å²) in [6.07, 6.45) is 1.82. The number of nitriles is 1. The lowest BCUT2D eigenvalue weighted by Gasteiger charge is -2.34. The molecule has 3 aromatic rings. The number of hydrogen-bond donors (Lipinski definition) is 0. The summed E-state index contributed by atoms with van der Waals surface area (Å²) in [5.74, 6) is -1.42. The van der Waals surface area contributed by atoms with Crippen LogP contribution in [0.2, 0.25) is 0 Å². The maximum atomic E-state index is 14.3. The molecule has 0 saturated carbocycles. The van der Waals surface area contributed by atoms with E-state index < -0.39 is 50.8 Å². The number of hydrogen-bond acceptors (Lipinski definition) is 6. The Labute approximate surface area is 193 Å². The van der Waals surface area contributed by atoms with Gasteiger partial charge in [-0.2, -0.15) is 9.57 Å². The molecule has 3 atom stereocenters. The smallest absolute Gasteiger partial charge is 0.306 e. The van der Waals surface area contributed by atoms with Crippen molar-refractivity contribution in [3.05, 3.63) is 66.1 Å². The number of rotatable bonds is 3. The molecule has 3 saturated heterocycles. The zero-order valence-corrected chi connectivity index (χ0v) is 18.3. The summed E-state index contributed by atoms with van der Waals surface area (Å²) in [7, 11) is -4.20. The molecule has 0 spiro atoms. The summed E-state index contributed by atoms with van der Waals surface area (Å²) in [6.45, 7) is -0.0135. The van der Waals surface area contributed by atoms with Gasteiger partial charge in [0.15, 0.2) is 0 Å². The van der Waals surface area contributed by atoms with Crippen molar-refractivity contribution in [3.8, 4) is 6.07 Å². The summed E-state index contributed by atoms with van der Waals surface area (Å²) in [5.41, 5.74) is 0.956. The van der Waals surface area contributed by atoms with E-state index in [0.717, 1.165) is 15.3 Å². The molecule has 6 rings (SSSR count). The van der Waals surface area contributed by atoms with Gasteiger partial charge in [-0.05, 0) is 42.8 Å². The molecule has 0 aliphatic carbocycles. The number of halogens is 1. The van der Waals surface area contributed by atoms with Gasteiger partial charge < -0.3 is 4.90 Å². The third kappa shape index (κ3) is 2.60. The molecule has 0 radical (unpaired) electrons. The van der Waals surface area contributed by atoms with Crippen LogP contribution in [0, 0.1) is 17.1 Å². The summed E-state index contributed by atoms with van der Waals surface area (Å²) >= 11 is 0. The van der Waals surface area contributed by atoms with Crippen LogP contribution in [0.15, 0.2) is 59.6 Å². The molecule has 0 N–H and O–H groups in total. The second-order valence-electron chi connectivity index (χ2n) is 8.41. The Morgan fingerprint density at radius 1 is 1.09 bits per heavy atom. The number of urea groups is 1. The first-order valence-corrected chi connectivity index (χ1v) is 12.0. The van der Waals surface area contributed by atoms with Crippen LogP contribution >= 0.6 is 0 Å². The van der Waals surface area contributed by atoms with Crippen LogP contribution in [0.3, 0.4) is 0 Å². The van der Waals surface area contributed by atoms with Crippen LogP contribution in [0.5, 0.6) is 0 Å². The highest BCUT2D eigenvalue weighted by Crippen LogP contribution is 2.45. The van der Waals surface area contributed by atoms with E-state index in [1.54, 1.807) is 12.1 Å². The van der Waals surface area contributed by atoms with Crippen LogP contribution in [0.1, 0.15) is 12.0 Å². The molecule has 4 heterocycles. The topological polar surface area (TPSA) is 115 Å². The zero-order chi connectivity index (χ0) is 23.8. The van der Waals surface area contributed by atoms with Gasteiger partial charge >= 0.3 is 6.03 Å². The molecule has 9 nitrogen and oxygen atoms in total. The van der Waals surface area contributed by atoms with Crippen LogP contribution in [-0.4, -0.2) is 59.2 Å². The first kappa shape index (κ1) is 20.7. The number of sulfonamides is 1. The minimum absolute atomic E-state index is 0.0135. The standard InChI is InChI=1S/C23H16FN5O4S/c24-16-5-1-2-6-19(16)34(32,33)27-12-14-10-18(27)21-22(30)29(23(31)28(14)21)17-8-7-13(11-25)20-15(17)4-3-9-26-20/h1-9,14,18,21H,10,12H2/t14-,18?,21?/m1/s1. The Morgan fingerprint density at radius 3 is 2.65 bits per heavy atom. The molecule has 3 fully saturated rings. The van der Waals surface area contributed by atoms with Crippen molar-refractivity contribution in [2.45, 2.75) is 29.4 Å². The van der Waals surface area contributed by atoms with E-state index in [-0.39, 0.29) is 12.2 Å². The number of benzene rings is 2. The van der Waals surface area contributed by atoms with Gasteiger partial charge in [0.2, 0.25) is 10.0 Å². The Kier molecular flexibility index (Phi) is 4.30. The molecule has 3 amide bonds. The molecule has 11 heteroatoms. The number of amides is 3. The van der Waals surface area contributed by atoms with Crippen LogP contribution in [0.25, 0.3) is 10.9 Å². The maximum absolute atomic E-state index is 14.3. The number of imide groups is 1. The number of aromatic nitrogens is 1. The fourth-order valence-corrected chi connectivity index (χ4v) is 7.08.